The number of urea groups is 1. The molecule has 0 heterocycles. The lowest BCUT2D eigenvalue weighted by Crippen LogP contribution is -2.40. The van der Waals surface area contributed by atoms with Crippen LogP contribution in [0.15, 0.2) is 24.3 Å². The Hall–Kier alpha value is -2.08. The number of unbranched alkanes of at least 4 members (excludes halogenated alkanes) is 1. The number of hydrogen-bond donors (Lipinski definition) is 2. The molecule has 0 fully saturated rings. The summed E-state index contributed by atoms with van der Waals surface area (Å²) in [6.45, 7) is 17.1. The summed E-state index contributed by atoms with van der Waals surface area (Å²) in [7, 11) is 0. The van der Waals surface area contributed by atoms with Gasteiger partial charge in [0.05, 0.1) is 0 Å². The molecule has 0 aliphatic carbocycles. The zero-order valence-electron chi connectivity index (χ0n) is 21.2. The number of nitrogens with zero attached hydrogens (tertiary/aromatic N) is 2. The maximum Gasteiger partial charge on any atom is 0.321 e. The summed E-state index contributed by atoms with van der Waals surface area (Å²) >= 11 is 0. The summed E-state index contributed by atoms with van der Waals surface area (Å²) in [4.78, 5) is 29.4. The molecule has 0 saturated carbocycles. The molecule has 32 heavy (non-hydrogen) atoms. The highest BCUT2D eigenvalue weighted by Crippen LogP contribution is 2.17. The van der Waals surface area contributed by atoms with Gasteiger partial charge >= 0.3 is 6.03 Å². The Morgan fingerprint density at radius 2 is 1.56 bits per heavy atom. The average Bonchev–Trinajstić information content (AvgIpc) is 2.77. The van der Waals surface area contributed by atoms with Crippen molar-refractivity contribution in [3.8, 4) is 0 Å². The van der Waals surface area contributed by atoms with Gasteiger partial charge in [-0.15, -0.1) is 0 Å². The minimum absolute atomic E-state index is 0.0101. The van der Waals surface area contributed by atoms with E-state index in [-0.39, 0.29) is 18.0 Å². The summed E-state index contributed by atoms with van der Waals surface area (Å²) in [6.07, 6.45) is 4.29. The molecule has 0 bridgehead atoms. The van der Waals surface area contributed by atoms with E-state index >= 15 is 0 Å². The number of carbonyl (C=O) groups is 2. The second-order valence-electron chi connectivity index (χ2n) is 8.94. The van der Waals surface area contributed by atoms with Crippen LogP contribution in [-0.4, -0.2) is 60.5 Å². The average molecular weight is 447 g/mol. The predicted octanol–water partition coefficient (Wildman–Crippen LogP) is 5.46. The van der Waals surface area contributed by atoms with E-state index in [2.05, 4.69) is 57.1 Å². The van der Waals surface area contributed by atoms with Crippen LogP contribution < -0.4 is 10.6 Å². The van der Waals surface area contributed by atoms with Crippen LogP contribution in [0.2, 0.25) is 0 Å². The maximum absolute atomic E-state index is 12.8. The molecule has 1 rings (SSSR count). The lowest BCUT2D eigenvalue weighted by Gasteiger charge is -2.24. The van der Waals surface area contributed by atoms with Gasteiger partial charge < -0.3 is 20.4 Å². The van der Waals surface area contributed by atoms with Gasteiger partial charge in [-0.3, -0.25) is 4.79 Å². The van der Waals surface area contributed by atoms with Crippen molar-refractivity contribution < 1.29 is 9.59 Å². The Labute approximate surface area is 196 Å². The lowest BCUT2D eigenvalue weighted by molar-refractivity contribution is -0.121. The number of nitrogens with one attached hydrogen (secondary N) is 2. The Morgan fingerprint density at radius 1 is 0.906 bits per heavy atom. The molecule has 182 valence electrons. The number of hydrogen-bond acceptors (Lipinski definition) is 3. The van der Waals surface area contributed by atoms with Gasteiger partial charge in [0.15, 0.2) is 0 Å². The molecule has 1 atom stereocenters. The van der Waals surface area contributed by atoms with Crippen LogP contribution in [0.4, 0.5) is 10.5 Å². The highest BCUT2D eigenvalue weighted by atomic mass is 16.2. The van der Waals surface area contributed by atoms with E-state index in [1.807, 2.05) is 24.3 Å². The Kier molecular flexibility index (Phi) is 13.7. The van der Waals surface area contributed by atoms with E-state index in [4.69, 9.17) is 0 Å². The quantitative estimate of drug-likeness (QED) is 0.376. The molecule has 1 aromatic rings. The first-order chi connectivity index (χ1) is 15.3. The molecule has 0 spiro atoms. The van der Waals surface area contributed by atoms with E-state index in [1.54, 1.807) is 4.90 Å². The molecular weight excluding hydrogens is 400 g/mol. The van der Waals surface area contributed by atoms with Gasteiger partial charge in [0.25, 0.3) is 0 Å². The molecule has 3 amide bonds. The van der Waals surface area contributed by atoms with Crippen molar-refractivity contribution in [3.63, 3.8) is 0 Å². The van der Waals surface area contributed by atoms with Crippen molar-refractivity contribution in [2.45, 2.75) is 85.6 Å². The molecule has 0 aromatic heterocycles. The van der Waals surface area contributed by atoms with Crippen molar-refractivity contribution in [1.82, 2.24) is 15.1 Å². The van der Waals surface area contributed by atoms with E-state index in [9.17, 15) is 9.59 Å². The molecule has 1 aromatic carbocycles. The molecule has 0 radical (unpaired) electrons. The van der Waals surface area contributed by atoms with Crippen LogP contribution in [-0.2, 0) is 4.79 Å². The molecule has 0 saturated heterocycles. The zero-order valence-corrected chi connectivity index (χ0v) is 21.2. The lowest BCUT2D eigenvalue weighted by atomic mass is 10.0. The Bertz CT molecular complexity index is 656. The summed E-state index contributed by atoms with van der Waals surface area (Å²) in [6, 6.07) is 7.99. The van der Waals surface area contributed by atoms with Gasteiger partial charge in [0.2, 0.25) is 5.91 Å². The van der Waals surface area contributed by atoms with Crippen LogP contribution >= 0.6 is 0 Å². The zero-order chi connectivity index (χ0) is 23.9. The predicted molar refractivity (Wildman–Crippen MR) is 135 cm³/mol. The van der Waals surface area contributed by atoms with Crippen molar-refractivity contribution in [2.75, 3.05) is 38.0 Å². The minimum Gasteiger partial charge on any atom is -0.354 e. The van der Waals surface area contributed by atoms with Crippen molar-refractivity contribution >= 4 is 17.6 Å². The first kappa shape index (κ1) is 28.0. The van der Waals surface area contributed by atoms with E-state index in [0.717, 1.165) is 51.0 Å². The number of rotatable bonds is 15. The molecule has 2 N–H and O–H groups in total. The second kappa shape index (κ2) is 15.7. The number of anilines is 1. The topological polar surface area (TPSA) is 64.7 Å². The minimum atomic E-state index is -0.143. The van der Waals surface area contributed by atoms with Gasteiger partial charge in [-0.25, -0.2) is 4.79 Å². The summed E-state index contributed by atoms with van der Waals surface area (Å²) in [5.41, 5.74) is 2.03. The van der Waals surface area contributed by atoms with E-state index in [0.29, 0.717) is 25.4 Å². The Morgan fingerprint density at radius 3 is 2.12 bits per heavy atom. The molecule has 6 heteroatoms. The summed E-state index contributed by atoms with van der Waals surface area (Å²) in [5.74, 6) is 0.467. The third kappa shape index (κ3) is 11.0. The van der Waals surface area contributed by atoms with E-state index < -0.39 is 0 Å². The van der Waals surface area contributed by atoms with Gasteiger partial charge in [-0.1, -0.05) is 53.2 Å². The fraction of sp³-hybridized carbons (Fsp3) is 0.692. The molecule has 6 nitrogen and oxygen atoms in total. The molecule has 0 aliphatic rings. The van der Waals surface area contributed by atoms with Gasteiger partial charge in [0, 0.05) is 31.2 Å². The first-order valence-corrected chi connectivity index (χ1v) is 12.5. The summed E-state index contributed by atoms with van der Waals surface area (Å²) < 4.78 is 0. The standard InChI is InChI=1S/C26H46N4O2/c1-7-10-19-30(26(32)28-24-15-13-23(14-16-24)21(4)5)20-17-25(31)27-22(6)12-11-18-29(8-2)9-3/h13-16,21-22H,7-12,17-20H2,1-6H3,(H,27,31)(H,28,32). The maximum atomic E-state index is 12.8. The summed E-state index contributed by atoms with van der Waals surface area (Å²) in [5, 5.41) is 6.07. The third-order valence-corrected chi connectivity index (χ3v) is 5.92. The van der Waals surface area contributed by atoms with Crippen molar-refractivity contribution in [2.24, 2.45) is 0 Å². The molecule has 0 aliphatic heterocycles. The van der Waals surface area contributed by atoms with E-state index in [1.165, 1.54) is 5.56 Å². The smallest absolute Gasteiger partial charge is 0.321 e. The molecule has 1 unspecified atom stereocenters. The van der Waals surface area contributed by atoms with Crippen LogP contribution in [0.3, 0.4) is 0 Å². The van der Waals surface area contributed by atoms with Crippen molar-refractivity contribution in [1.29, 1.82) is 0 Å². The van der Waals surface area contributed by atoms with Crippen LogP contribution in [0, 0.1) is 0 Å². The third-order valence-electron chi connectivity index (χ3n) is 5.92. The van der Waals surface area contributed by atoms with Crippen LogP contribution in [0.25, 0.3) is 0 Å². The highest BCUT2D eigenvalue weighted by molar-refractivity contribution is 5.89. The van der Waals surface area contributed by atoms with Gasteiger partial charge in [-0.05, 0) is 69.4 Å². The number of benzene rings is 1. The fourth-order valence-corrected chi connectivity index (χ4v) is 3.63. The number of amides is 3. The van der Waals surface area contributed by atoms with Crippen LogP contribution in [0.5, 0.6) is 0 Å². The largest absolute Gasteiger partial charge is 0.354 e. The monoisotopic (exact) mass is 446 g/mol. The second-order valence-corrected chi connectivity index (χ2v) is 8.94. The fourth-order valence-electron chi connectivity index (χ4n) is 3.63. The number of carbonyl (C=O) groups excluding carboxylic acids is 2. The molecular formula is C26H46N4O2. The Balaban J connectivity index is 2.50. The van der Waals surface area contributed by atoms with Gasteiger partial charge in [0.1, 0.15) is 0 Å². The van der Waals surface area contributed by atoms with Crippen LogP contribution in [0.1, 0.15) is 85.1 Å². The first-order valence-electron chi connectivity index (χ1n) is 12.5. The van der Waals surface area contributed by atoms with Crippen molar-refractivity contribution in [3.05, 3.63) is 29.8 Å². The highest BCUT2D eigenvalue weighted by Gasteiger charge is 2.16. The SMILES string of the molecule is CCCCN(CCC(=O)NC(C)CCCN(CC)CC)C(=O)Nc1ccc(C(C)C)cc1. The normalized spacial score (nSPS) is 12.1. The van der Waals surface area contributed by atoms with Gasteiger partial charge in [-0.2, -0.15) is 0 Å².